The molecule has 7 rings (SSSR count). The van der Waals surface area contributed by atoms with E-state index in [1.54, 1.807) is 0 Å². The van der Waals surface area contributed by atoms with Crippen LogP contribution in [0.25, 0.3) is 22.4 Å². The van der Waals surface area contributed by atoms with E-state index >= 15 is 0 Å². The minimum absolute atomic E-state index is 0.0313. The normalized spacial score (nSPS) is 14.6. The molecule has 2 N–H and O–H groups in total. The summed E-state index contributed by atoms with van der Waals surface area (Å²) < 4.78 is 5.70. The fourth-order valence-corrected chi connectivity index (χ4v) is 6.34. The van der Waals surface area contributed by atoms with Gasteiger partial charge in [0.15, 0.2) is 6.61 Å². The van der Waals surface area contributed by atoms with E-state index in [1.807, 2.05) is 77.7 Å². The number of aryl methyl sites for hydroxylation is 1. The Balaban J connectivity index is 0.923. The minimum Gasteiger partial charge on any atom is -0.484 e. The number of imidazole rings is 1. The number of nitrogens with one attached hydrogen (secondary N) is 2. The van der Waals surface area contributed by atoms with Crippen LogP contribution in [-0.4, -0.2) is 48.0 Å². The van der Waals surface area contributed by atoms with E-state index in [2.05, 4.69) is 45.5 Å². The molecule has 8 nitrogen and oxygen atoms in total. The molecule has 1 saturated heterocycles. The molecule has 0 unspecified atom stereocenters. The highest BCUT2D eigenvalue weighted by atomic mass is 16.5. The summed E-state index contributed by atoms with van der Waals surface area (Å²) in [4.78, 5) is 38.0. The number of rotatable bonds is 11. The summed E-state index contributed by atoms with van der Waals surface area (Å²) in [6.07, 6.45) is 9.71. The highest BCUT2D eigenvalue weighted by Crippen LogP contribution is 2.33. The zero-order valence-electron chi connectivity index (χ0n) is 26.5. The van der Waals surface area contributed by atoms with Gasteiger partial charge in [-0.25, -0.2) is 4.98 Å². The second-order valence-corrected chi connectivity index (χ2v) is 12.2. The van der Waals surface area contributed by atoms with Crippen LogP contribution in [0.15, 0.2) is 103 Å². The number of hydrogen-bond acceptors (Lipinski definition) is 5. The van der Waals surface area contributed by atoms with Crippen molar-refractivity contribution in [2.45, 2.75) is 38.6 Å². The van der Waals surface area contributed by atoms with E-state index in [0.29, 0.717) is 18.8 Å². The number of piperidine rings is 1. The molecule has 0 bridgehead atoms. The summed E-state index contributed by atoms with van der Waals surface area (Å²) in [6.45, 7) is 3.14. The molecule has 2 amide bonds. The van der Waals surface area contributed by atoms with Gasteiger partial charge in [0.05, 0.1) is 17.6 Å². The molecule has 4 aromatic carbocycles. The van der Waals surface area contributed by atoms with Gasteiger partial charge in [-0.2, -0.15) is 0 Å². The Bertz CT molecular complexity index is 1890. The maximum Gasteiger partial charge on any atom is 0.258 e. The highest BCUT2D eigenvalue weighted by molar-refractivity contribution is 6.10. The number of allylic oxidation sites excluding steroid dienone is 1. The fraction of sp³-hybridized carbons (Fsp3) is 0.256. The van der Waals surface area contributed by atoms with E-state index in [-0.39, 0.29) is 18.4 Å². The number of carbonyl (C=O) groups excluding carboxylic acids is 2. The van der Waals surface area contributed by atoms with Gasteiger partial charge in [0.1, 0.15) is 11.6 Å². The lowest BCUT2D eigenvalue weighted by atomic mass is 10.1. The number of hydrogen-bond donors (Lipinski definition) is 2. The van der Waals surface area contributed by atoms with E-state index in [9.17, 15) is 9.59 Å². The topological polar surface area (TPSA) is 90.6 Å². The monoisotopic (exact) mass is 625 g/mol. The van der Waals surface area contributed by atoms with Crippen molar-refractivity contribution in [3.05, 3.63) is 120 Å². The van der Waals surface area contributed by atoms with E-state index < -0.39 is 0 Å². The molecule has 0 saturated carbocycles. The van der Waals surface area contributed by atoms with E-state index in [1.165, 1.54) is 30.5 Å². The van der Waals surface area contributed by atoms with Crippen LogP contribution >= 0.6 is 0 Å². The first-order valence-corrected chi connectivity index (χ1v) is 16.5. The van der Waals surface area contributed by atoms with Crippen LogP contribution in [0.2, 0.25) is 0 Å². The van der Waals surface area contributed by atoms with Crippen molar-refractivity contribution in [2.24, 2.45) is 0 Å². The van der Waals surface area contributed by atoms with Crippen LogP contribution in [-0.2, 0) is 17.8 Å². The number of aromatic nitrogens is 2. The molecule has 1 aromatic heterocycles. The molecule has 2 aliphatic rings. The predicted molar refractivity (Wildman–Crippen MR) is 187 cm³/mol. The van der Waals surface area contributed by atoms with Gasteiger partial charge in [-0.05, 0) is 104 Å². The summed E-state index contributed by atoms with van der Waals surface area (Å²) in [6, 6.07) is 30.0. The molecular formula is C39H39N5O3. The zero-order valence-corrected chi connectivity index (χ0v) is 26.5. The Morgan fingerprint density at radius 1 is 0.894 bits per heavy atom. The van der Waals surface area contributed by atoms with Crippen molar-refractivity contribution in [3.63, 3.8) is 0 Å². The molecule has 2 aliphatic heterocycles. The van der Waals surface area contributed by atoms with Gasteiger partial charge in [-0.1, -0.05) is 42.5 Å². The summed E-state index contributed by atoms with van der Waals surface area (Å²) in [5.74, 6) is 1.19. The number of carbonyl (C=O) groups is 2. The van der Waals surface area contributed by atoms with Crippen LogP contribution in [0.4, 0.5) is 11.4 Å². The molecule has 3 heterocycles. The maximum absolute atomic E-state index is 13.4. The number of H-pyrrole nitrogens is 1. The first kappa shape index (κ1) is 30.3. The third-order valence-corrected chi connectivity index (χ3v) is 8.92. The van der Waals surface area contributed by atoms with Gasteiger partial charge in [-0.15, -0.1) is 0 Å². The molecule has 47 heavy (non-hydrogen) atoms. The molecule has 0 atom stereocenters. The zero-order chi connectivity index (χ0) is 32.0. The van der Waals surface area contributed by atoms with Crippen molar-refractivity contribution in [1.29, 1.82) is 0 Å². The smallest absolute Gasteiger partial charge is 0.258 e. The van der Waals surface area contributed by atoms with E-state index in [0.717, 1.165) is 65.2 Å². The summed E-state index contributed by atoms with van der Waals surface area (Å²) >= 11 is 0. The number of ether oxygens (including phenoxy) is 1. The molecule has 0 spiro atoms. The standard InChI is InChI=1S/C39H39N5O3/c45-37(40-21-7-2-6-12-28-10-4-1-5-11-28)27-47-33-17-13-29(14-18-33)38-41-35-20-16-32(25-36(35)42-38)44-26-30-24-31(15-19-34(30)39(44)46)43-22-8-3-9-23-43/h1-2,4-5,7,10-11,13-20,24-25H,3,6,8-9,12,21-23,26-27H2,(H,40,45)(H,41,42)/b7-2+. The molecule has 238 valence electrons. The summed E-state index contributed by atoms with van der Waals surface area (Å²) in [7, 11) is 0. The van der Waals surface area contributed by atoms with Crippen molar-refractivity contribution < 1.29 is 14.3 Å². The largest absolute Gasteiger partial charge is 0.484 e. The maximum atomic E-state index is 13.4. The predicted octanol–water partition coefficient (Wildman–Crippen LogP) is 7.06. The lowest BCUT2D eigenvalue weighted by Gasteiger charge is -2.29. The Kier molecular flexibility index (Phi) is 8.99. The Morgan fingerprint density at radius 2 is 1.70 bits per heavy atom. The van der Waals surface area contributed by atoms with Crippen molar-refractivity contribution in [2.75, 3.05) is 36.0 Å². The van der Waals surface area contributed by atoms with Crippen LogP contribution in [0, 0.1) is 0 Å². The van der Waals surface area contributed by atoms with Crippen molar-refractivity contribution >= 4 is 34.2 Å². The second-order valence-electron chi connectivity index (χ2n) is 12.2. The number of amides is 2. The lowest BCUT2D eigenvalue weighted by molar-refractivity contribution is -0.122. The number of anilines is 2. The minimum atomic E-state index is -0.170. The number of benzene rings is 4. The number of nitrogens with zero attached hydrogens (tertiary/aromatic N) is 3. The van der Waals surface area contributed by atoms with Crippen molar-refractivity contribution in [1.82, 2.24) is 15.3 Å². The average molecular weight is 626 g/mol. The van der Waals surface area contributed by atoms with Gasteiger partial charge in [0.2, 0.25) is 0 Å². The third kappa shape index (κ3) is 7.07. The van der Waals surface area contributed by atoms with Gasteiger partial charge in [-0.3, -0.25) is 9.59 Å². The van der Waals surface area contributed by atoms with Crippen LogP contribution < -0.4 is 19.9 Å². The first-order valence-electron chi connectivity index (χ1n) is 16.5. The highest BCUT2D eigenvalue weighted by Gasteiger charge is 2.29. The SMILES string of the molecule is O=C(COc1ccc(-c2nc3ccc(N4Cc5cc(N6CCCCC6)ccc5C4=O)cc3[nH]2)cc1)NC/C=C/CCc1ccccc1. The molecule has 0 aliphatic carbocycles. The second kappa shape index (κ2) is 14.0. The quantitative estimate of drug-likeness (QED) is 0.153. The Hall–Kier alpha value is -5.37. The van der Waals surface area contributed by atoms with E-state index in [4.69, 9.17) is 9.72 Å². The molecule has 8 heteroatoms. The molecular weight excluding hydrogens is 586 g/mol. The van der Waals surface area contributed by atoms with Gasteiger partial charge in [0.25, 0.3) is 11.8 Å². The number of aromatic amines is 1. The Labute approximate surface area is 275 Å². The van der Waals surface area contributed by atoms with Gasteiger partial charge in [0, 0.05) is 42.1 Å². The molecule has 1 fully saturated rings. The van der Waals surface area contributed by atoms with Crippen LogP contribution in [0.3, 0.4) is 0 Å². The van der Waals surface area contributed by atoms with Gasteiger partial charge >= 0.3 is 0 Å². The van der Waals surface area contributed by atoms with Crippen LogP contribution in [0.1, 0.15) is 47.2 Å². The van der Waals surface area contributed by atoms with Crippen molar-refractivity contribution in [3.8, 4) is 17.1 Å². The van der Waals surface area contributed by atoms with Gasteiger partial charge < -0.3 is 24.8 Å². The summed E-state index contributed by atoms with van der Waals surface area (Å²) in [5, 5.41) is 2.86. The lowest BCUT2D eigenvalue weighted by Crippen LogP contribution is -2.29. The molecule has 0 radical (unpaired) electrons. The first-order chi connectivity index (χ1) is 23.1. The Morgan fingerprint density at radius 3 is 2.53 bits per heavy atom. The number of fused-ring (bicyclic) bond motifs is 2. The van der Waals surface area contributed by atoms with Crippen LogP contribution in [0.5, 0.6) is 5.75 Å². The fourth-order valence-electron chi connectivity index (χ4n) is 6.34. The molecule has 5 aromatic rings. The summed E-state index contributed by atoms with van der Waals surface area (Å²) in [5.41, 5.74) is 7.81. The third-order valence-electron chi connectivity index (χ3n) is 8.92. The average Bonchev–Trinajstić information content (AvgIpc) is 3.70.